The molecule has 2 N–H and O–H groups in total. The Labute approximate surface area is 147 Å². The minimum atomic E-state index is -3.64. The van der Waals surface area contributed by atoms with Gasteiger partial charge in [-0.2, -0.15) is 4.31 Å². The first-order valence-electron chi connectivity index (χ1n) is 8.14. The van der Waals surface area contributed by atoms with Gasteiger partial charge in [-0.3, -0.25) is 10.2 Å². The van der Waals surface area contributed by atoms with Crippen molar-refractivity contribution >= 4 is 22.0 Å². The average Bonchev–Trinajstić information content (AvgIpc) is 2.60. The number of hydrazine groups is 1. The third kappa shape index (κ3) is 4.93. The van der Waals surface area contributed by atoms with Crippen LogP contribution in [0.25, 0.3) is 0 Å². The summed E-state index contributed by atoms with van der Waals surface area (Å²) < 4.78 is 31.4. The van der Waals surface area contributed by atoms with Gasteiger partial charge >= 0.3 is 6.09 Å². The van der Waals surface area contributed by atoms with E-state index in [0.717, 1.165) is 5.56 Å². The van der Waals surface area contributed by atoms with Crippen molar-refractivity contribution in [1.29, 1.82) is 0 Å². The quantitative estimate of drug-likeness (QED) is 0.775. The molecule has 1 aliphatic heterocycles. The van der Waals surface area contributed by atoms with Crippen LogP contribution in [-0.4, -0.2) is 44.4 Å². The normalized spacial score (nSPS) is 18.4. The molecule has 8 nitrogen and oxygen atoms in total. The summed E-state index contributed by atoms with van der Waals surface area (Å²) in [5.74, 6) is -0.965. The molecule has 1 saturated heterocycles. The van der Waals surface area contributed by atoms with E-state index in [4.69, 9.17) is 0 Å². The van der Waals surface area contributed by atoms with Crippen molar-refractivity contribution in [2.75, 3.05) is 19.7 Å². The fraction of sp³-hybridized carbons (Fsp3) is 0.500. The third-order valence-corrected chi connectivity index (χ3v) is 5.86. The van der Waals surface area contributed by atoms with Crippen LogP contribution in [0.4, 0.5) is 4.79 Å². The van der Waals surface area contributed by atoms with Crippen LogP contribution in [0.2, 0.25) is 0 Å². The highest BCUT2D eigenvalue weighted by atomic mass is 32.2. The molecule has 1 aliphatic rings. The Morgan fingerprint density at radius 2 is 1.92 bits per heavy atom. The van der Waals surface area contributed by atoms with Crippen LogP contribution in [-0.2, 0) is 19.6 Å². The number of sulfonamides is 1. The van der Waals surface area contributed by atoms with Crippen LogP contribution in [0.3, 0.4) is 0 Å². The van der Waals surface area contributed by atoms with E-state index >= 15 is 0 Å². The van der Waals surface area contributed by atoms with Crippen molar-refractivity contribution in [3.05, 3.63) is 29.8 Å². The smallest absolute Gasteiger partial charge is 0.426 e. The van der Waals surface area contributed by atoms with Crippen molar-refractivity contribution in [1.82, 2.24) is 15.2 Å². The molecule has 138 valence electrons. The van der Waals surface area contributed by atoms with Gasteiger partial charge in [-0.05, 0) is 38.8 Å². The molecule has 0 bridgehead atoms. The van der Waals surface area contributed by atoms with Crippen LogP contribution in [0, 0.1) is 12.8 Å². The Bertz CT molecular complexity index is 718. The van der Waals surface area contributed by atoms with Gasteiger partial charge in [-0.15, -0.1) is 0 Å². The fourth-order valence-electron chi connectivity index (χ4n) is 2.62. The Balaban J connectivity index is 2.01. The zero-order chi connectivity index (χ0) is 18.4. The number of rotatable bonds is 4. The monoisotopic (exact) mass is 369 g/mol. The molecule has 0 radical (unpaired) electrons. The molecule has 0 aromatic heterocycles. The van der Waals surface area contributed by atoms with Crippen LogP contribution >= 0.6 is 0 Å². The van der Waals surface area contributed by atoms with Gasteiger partial charge in [0.15, 0.2) is 0 Å². The first kappa shape index (κ1) is 19.2. The molecule has 25 heavy (non-hydrogen) atoms. The molecule has 0 unspecified atom stereocenters. The van der Waals surface area contributed by atoms with Gasteiger partial charge in [0.2, 0.25) is 15.9 Å². The van der Waals surface area contributed by atoms with E-state index in [1.165, 1.54) is 4.31 Å². The van der Waals surface area contributed by atoms with Crippen LogP contribution in [0.1, 0.15) is 25.3 Å². The molecular weight excluding hydrogens is 346 g/mol. The zero-order valence-corrected chi connectivity index (χ0v) is 15.1. The average molecular weight is 369 g/mol. The van der Waals surface area contributed by atoms with Gasteiger partial charge in [-0.25, -0.2) is 18.6 Å². The number of carbonyl (C=O) groups excluding carboxylic acids is 2. The Morgan fingerprint density at radius 3 is 2.56 bits per heavy atom. The van der Waals surface area contributed by atoms with Crippen molar-refractivity contribution in [3.63, 3.8) is 0 Å². The molecule has 0 spiro atoms. The first-order chi connectivity index (χ1) is 11.8. The summed E-state index contributed by atoms with van der Waals surface area (Å²) in [6.07, 6.45) is 0.370. The summed E-state index contributed by atoms with van der Waals surface area (Å²) in [4.78, 5) is 23.6. The summed E-state index contributed by atoms with van der Waals surface area (Å²) in [6.45, 7) is 4.16. The standard InChI is InChI=1S/C16H23N3O5S/c1-3-24-16(21)18-17-15(20)13-5-4-10-19(11-13)25(22,23)14-8-6-12(2)7-9-14/h6-9,13H,3-5,10-11H2,1-2H3,(H,17,20)(H,18,21)/t13-/m0/s1. The Morgan fingerprint density at radius 1 is 1.24 bits per heavy atom. The summed E-state index contributed by atoms with van der Waals surface area (Å²) in [5.41, 5.74) is 5.39. The highest BCUT2D eigenvalue weighted by Crippen LogP contribution is 2.24. The maximum atomic E-state index is 12.7. The molecule has 2 amide bonds. The summed E-state index contributed by atoms with van der Waals surface area (Å²) in [5, 5.41) is 0. The predicted molar refractivity (Wildman–Crippen MR) is 91.0 cm³/mol. The number of benzene rings is 1. The van der Waals surface area contributed by atoms with Gasteiger partial charge in [0.1, 0.15) is 0 Å². The summed E-state index contributed by atoms with van der Waals surface area (Å²) in [7, 11) is -3.64. The van der Waals surface area contributed by atoms with Crippen molar-refractivity contribution in [2.45, 2.75) is 31.6 Å². The lowest BCUT2D eigenvalue weighted by molar-refractivity contribution is -0.127. The van der Waals surface area contributed by atoms with Crippen molar-refractivity contribution in [2.24, 2.45) is 5.92 Å². The molecule has 1 aromatic rings. The van der Waals surface area contributed by atoms with E-state index in [2.05, 4.69) is 15.6 Å². The minimum absolute atomic E-state index is 0.0759. The van der Waals surface area contributed by atoms with Gasteiger partial charge in [0, 0.05) is 13.1 Å². The Kier molecular flexibility index (Phi) is 6.38. The maximum absolute atomic E-state index is 12.7. The minimum Gasteiger partial charge on any atom is -0.449 e. The number of amides is 2. The molecule has 1 atom stereocenters. The molecule has 0 aliphatic carbocycles. The van der Waals surface area contributed by atoms with E-state index in [1.54, 1.807) is 31.2 Å². The van der Waals surface area contributed by atoms with Gasteiger partial charge in [0.25, 0.3) is 0 Å². The van der Waals surface area contributed by atoms with Crippen LogP contribution in [0.5, 0.6) is 0 Å². The number of nitrogens with zero attached hydrogens (tertiary/aromatic N) is 1. The highest BCUT2D eigenvalue weighted by molar-refractivity contribution is 7.89. The Hall–Kier alpha value is -2.13. The summed E-state index contributed by atoms with van der Waals surface area (Å²) in [6, 6.07) is 6.61. The predicted octanol–water partition coefficient (Wildman–Crippen LogP) is 1.17. The maximum Gasteiger partial charge on any atom is 0.426 e. The van der Waals surface area contributed by atoms with Crippen molar-refractivity contribution in [3.8, 4) is 0 Å². The van der Waals surface area contributed by atoms with Gasteiger partial charge in [0.05, 0.1) is 17.4 Å². The zero-order valence-electron chi connectivity index (χ0n) is 14.3. The largest absolute Gasteiger partial charge is 0.449 e. The van der Waals surface area contributed by atoms with Crippen molar-refractivity contribution < 1.29 is 22.7 Å². The number of hydrogen-bond donors (Lipinski definition) is 2. The number of piperidine rings is 1. The van der Waals surface area contributed by atoms with Crippen LogP contribution < -0.4 is 10.9 Å². The van der Waals surface area contributed by atoms with E-state index in [-0.39, 0.29) is 18.0 Å². The lowest BCUT2D eigenvalue weighted by atomic mass is 9.99. The van der Waals surface area contributed by atoms with E-state index < -0.39 is 27.9 Å². The second-order valence-corrected chi connectivity index (χ2v) is 7.79. The topological polar surface area (TPSA) is 105 Å². The molecule has 1 aromatic carbocycles. The molecular formula is C16H23N3O5S. The number of carbonyl (C=O) groups is 2. The lowest BCUT2D eigenvalue weighted by Crippen LogP contribution is -2.50. The third-order valence-electron chi connectivity index (χ3n) is 3.98. The van der Waals surface area contributed by atoms with E-state index in [1.807, 2.05) is 6.92 Å². The second-order valence-electron chi connectivity index (χ2n) is 5.85. The number of hydrogen-bond acceptors (Lipinski definition) is 5. The molecule has 2 rings (SSSR count). The number of ether oxygens (including phenoxy) is 1. The molecule has 0 saturated carbocycles. The van der Waals surface area contributed by atoms with E-state index in [0.29, 0.717) is 19.4 Å². The second kappa shape index (κ2) is 8.30. The molecule has 9 heteroatoms. The SMILES string of the molecule is CCOC(=O)NNC(=O)[C@H]1CCCN(S(=O)(=O)c2ccc(C)cc2)C1. The first-order valence-corrected chi connectivity index (χ1v) is 9.58. The fourth-order valence-corrected chi connectivity index (χ4v) is 4.14. The van der Waals surface area contributed by atoms with E-state index in [9.17, 15) is 18.0 Å². The van der Waals surface area contributed by atoms with Crippen LogP contribution in [0.15, 0.2) is 29.2 Å². The van der Waals surface area contributed by atoms with Gasteiger partial charge < -0.3 is 4.74 Å². The summed E-state index contributed by atoms with van der Waals surface area (Å²) >= 11 is 0. The lowest BCUT2D eigenvalue weighted by Gasteiger charge is -2.31. The number of aryl methyl sites for hydroxylation is 1. The number of nitrogens with one attached hydrogen (secondary N) is 2. The molecule has 1 heterocycles. The highest BCUT2D eigenvalue weighted by Gasteiger charge is 2.33. The van der Waals surface area contributed by atoms with Gasteiger partial charge in [-0.1, -0.05) is 17.7 Å². The molecule has 1 fully saturated rings.